The summed E-state index contributed by atoms with van der Waals surface area (Å²) in [5.74, 6) is 0.428. The van der Waals surface area contributed by atoms with E-state index in [0.717, 1.165) is 6.07 Å². The van der Waals surface area contributed by atoms with E-state index in [0.29, 0.717) is 5.82 Å². The number of imidazole rings is 1. The summed E-state index contributed by atoms with van der Waals surface area (Å²) in [6, 6.07) is 3.27. The third-order valence-electron chi connectivity index (χ3n) is 2.41. The predicted molar refractivity (Wildman–Crippen MR) is 70.7 cm³/mol. The van der Waals surface area contributed by atoms with Crippen LogP contribution in [0.1, 0.15) is 5.82 Å². The van der Waals surface area contributed by atoms with Gasteiger partial charge in [0.05, 0.1) is 16.4 Å². The van der Waals surface area contributed by atoms with E-state index in [4.69, 9.17) is 11.6 Å². The highest BCUT2D eigenvalue weighted by Gasteiger charge is 2.20. The van der Waals surface area contributed by atoms with E-state index in [9.17, 15) is 18.5 Å². The Morgan fingerprint density at radius 3 is 2.80 bits per heavy atom. The average Bonchev–Trinajstić information content (AvgIpc) is 2.89. The van der Waals surface area contributed by atoms with Gasteiger partial charge in [-0.1, -0.05) is 11.6 Å². The number of nitrogens with zero attached hydrogens (tertiary/aromatic N) is 2. The molecule has 0 amide bonds. The molecule has 1 aromatic heterocycles. The van der Waals surface area contributed by atoms with Crippen LogP contribution < -0.4 is 4.72 Å². The second-order valence-electron chi connectivity index (χ2n) is 3.73. The highest BCUT2D eigenvalue weighted by atomic mass is 35.5. The maximum absolute atomic E-state index is 12.0. The van der Waals surface area contributed by atoms with Crippen LogP contribution in [-0.4, -0.2) is 23.3 Å². The van der Waals surface area contributed by atoms with Crippen LogP contribution in [0.25, 0.3) is 0 Å². The number of nitrogens with one attached hydrogen (secondary N) is 2. The second-order valence-corrected chi connectivity index (χ2v) is 5.90. The summed E-state index contributed by atoms with van der Waals surface area (Å²) in [7, 11) is -3.88. The van der Waals surface area contributed by atoms with Gasteiger partial charge in [0.15, 0.2) is 0 Å². The van der Waals surface area contributed by atoms with Gasteiger partial charge in [-0.25, -0.2) is 18.1 Å². The number of nitro groups is 1. The lowest BCUT2D eigenvalue weighted by atomic mass is 10.3. The minimum absolute atomic E-state index is 0.0498. The lowest BCUT2D eigenvalue weighted by Crippen LogP contribution is -2.23. The Labute approximate surface area is 119 Å². The van der Waals surface area contributed by atoms with Gasteiger partial charge in [0.1, 0.15) is 10.8 Å². The number of benzene rings is 1. The van der Waals surface area contributed by atoms with Crippen molar-refractivity contribution in [3.05, 3.63) is 51.6 Å². The van der Waals surface area contributed by atoms with Crippen LogP contribution in [0.5, 0.6) is 0 Å². The zero-order valence-corrected chi connectivity index (χ0v) is 11.5. The standard InChI is InChI=1S/C10H9ClN4O4S/c11-8-2-1-7(5-9(8)15(16)17)20(18,19)14-6-10-12-3-4-13-10/h1-5,14H,6H2,(H,12,13). The maximum Gasteiger partial charge on any atom is 0.289 e. The molecule has 0 spiro atoms. The van der Waals surface area contributed by atoms with Gasteiger partial charge in [0.25, 0.3) is 5.69 Å². The number of rotatable bonds is 5. The van der Waals surface area contributed by atoms with Gasteiger partial charge in [0.2, 0.25) is 10.0 Å². The first kappa shape index (κ1) is 14.4. The first-order valence-corrected chi connectivity index (χ1v) is 7.18. The van der Waals surface area contributed by atoms with Gasteiger partial charge in [-0.2, -0.15) is 0 Å². The smallest absolute Gasteiger partial charge is 0.289 e. The molecule has 0 aliphatic carbocycles. The van der Waals surface area contributed by atoms with Crippen molar-refractivity contribution in [2.24, 2.45) is 0 Å². The first-order chi connectivity index (χ1) is 9.40. The molecule has 2 rings (SSSR count). The Hall–Kier alpha value is -1.97. The van der Waals surface area contributed by atoms with Gasteiger partial charge in [0, 0.05) is 18.5 Å². The fourth-order valence-electron chi connectivity index (χ4n) is 1.44. The number of hydrogen-bond acceptors (Lipinski definition) is 5. The van der Waals surface area contributed by atoms with Crippen LogP contribution in [0.2, 0.25) is 5.02 Å². The van der Waals surface area contributed by atoms with Crippen molar-refractivity contribution in [2.75, 3.05) is 0 Å². The van der Waals surface area contributed by atoms with E-state index in [1.54, 1.807) is 6.20 Å². The number of hydrogen-bond donors (Lipinski definition) is 2. The number of aromatic amines is 1. The van der Waals surface area contributed by atoms with Crippen molar-refractivity contribution in [3.8, 4) is 0 Å². The molecule has 0 saturated heterocycles. The molecule has 0 bridgehead atoms. The Bertz CT molecular complexity index is 730. The van der Waals surface area contributed by atoms with Gasteiger partial charge < -0.3 is 4.98 Å². The van der Waals surface area contributed by atoms with Crippen molar-refractivity contribution >= 4 is 27.3 Å². The van der Waals surface area contributed by atoms with Crippen molar-refractivity contribution in [1.82, 2.24) is 14.7 Å². The van der Waals surface area contributed by atoms with E-state index in [2.05, 4.69) is 14.7 Å². The highest BCUT2D eigenvalue weighted by Crippen LogP contribution is 2.26. The molecule has 1 aromatic carbocycles. The summed E-state index contributed by atoms with van der Waals surface area (Å²) < 4.78 is 26.3. The molecule has 1 heterocycles. The van der Waals surface area contributed by atoms with Crippen molar-refractivity contribution in [1.29, 1.82) is 0 Å². The molecule has 2 N–H and O–H groups in total. The number of nitro benzene ring substituents is 1. The van der Waals surface area contributed by atoms with Gasteiger partial charge in [-0.05, 0) is 12.1 Å². The third-order valence-corrected chi connectivity index (χ3v) is 4.13. The zero-order valence-electron chi connectivity index (χ0n) is 9.91. The van der Waals surface area contributed by atoms with Crippen LogP contribution in [0.4, 0.5) is 5.69 Å². The molecule has 2 aromatic rings. The second kappa shape index (κ2) is 5.57. The number of halogens is 1. The molecule has 8 nitrogen and oxygen atoms in total. The molecule has 106 valence electrons. The maximum atomic E-state index is 12.0. The predicted octanol–water partition coefficient (Wildman–Crippen LogP) is 1.45. The Morgan fingerprint density at radius 1 is 1.45 bits per heavy atom. The van der Waals surface area contributed by atoms with Crippen LogP contribution in [0.15, 0.2) is 35.5 Å². The third kappa shape index (κ3) is 3.13. The van der Waals surface area contributed by atoms with Crippen LogP contribution in [-0.2, 0) is 16.6 Å². The molecular weight excluding hydrogens is 308 g/mol. The van der Waals surface area contributed by atoms with Crippen LogP contribution in [0.3, 0.4) is 0 Å². The number of aromatic nitrogens is 2. The number of sulfonamides is 1. The van der Waals surface area contributed by atoms with E-state index < -0.39 is 20.6 Å². The normalized spacial score (nSPS) is 11.4. The van der Waals surface area contributed by atoms with E-state index >= 15 is 0 Å². The van der Waals surface area contributed by atoms with Crippen LogP contribution >= 0.6 is 11.6 Å². The molecule has 0 aliphatic rings. The lowest BCUT2D eigenvalue weighted by Gasteiger charge is -2.05. The minimum Gasteiger partial charge on any atom is -0.347 e. The summed E-state index contributed by atoms with van der Waals surface area (Å²) in [5.41, 5.74) is -0.465. The van der Waals surface area contributed by atoms with Gasteiger partial charge >= 0.3 is 0 Å². The SMILES string of the molecule is O=[N+]([O-])c1cc(S(=O)(=O)NCc2ncc[nH]2)ccc1Cl. The van der Waals surface area contributed by atoms with Crippen molar-refractivity contribution < 1.29 is 13.3 Å². The minimum atomic E-state index is -3.88. The first-order valence-electron chi connectivity index (χ1n) is 5.32. The summed E-state index contributed by atoms with van der Waals surface area (Å²) >= 11 is 5.63. The topological polar surface area (TPSA) is 118 Å². The summed E-state index contributed by atoms with van der Waals surface area (Å²) in [4.78, 5) is 16.4. The van der Waals surface area contributed by atoms with E-state index in [1.807, 2.05) is 0 Å². The monoisotopic (exact) mass is 316 g/mol. The fourth-order valence-corrected chi connectivity index (χ4v) is 2.63. The largest absolute Gasteiger partial charge is 0.347 e. The number of H-pyrrole nitrogens is 1. The molecule has 0 fully saturated rings. The van der Waals surface area contributed by atoms with E-state index in [1.165, 1.54) is 18.3 Å². The summed E-state index contributed by atoms with van der Waals surface area (Å²) in [6.07, 6.45) is 3.04. The van der Waals surface area contributed by atoms with Crippen molar-refractivity contribution in [3.63, 3.8) is 0 Å². The lowest BCUT2D eigenvalue weighted by molar-refractivity contribution is -0.384. The van der Waals surface area contributed by atoms with Gasteiger partial charge in [-0.3, -0.25) is 10.1 Å². The molecule has 0 aliphatic heterocycles. The van der Waals surface area contributed by atoms with Gasteiger partial charge in [-0.15, -0.1) is 0 Å². The quantitative estimate of drug-likeness (QED) is 0.639. The average molecular weight is 317 g/mol. The molecule has 10 heteroatoms. The zero-order chi connectivity index (χ0) is 14.8. The Kier molecular flexibility index (Phi) is 4.02. The molecule has 0 atom stereocenters. The fraction of sp³-hybridized carbons (Fsp3) is 0.100. The van der Waals surface area contributed by atoms with E-state index in [-0.39, 0.29) is 16.5 Å². The summed E-state index contributed by atoms with van der Waals surface area (Å²) in [6.45, 7) is -0.0498. The summed E-state index contributed by atoms with van der Waals surface area (Å²) in [5, 5.41) is 10.6. The molecule has 0 radical (unpaired) electrons. The Balaban J connectivity index is 2.25. The molecule has 20 heavy (non-hydrogen) atoms. The van der Waals surface area contributed by atoms with Crippen LogP contribution in [0, 0.1) is 10.1 Å². The van der Waals surface area contributed by atoms with Crippen molar-refractivity contribution in [2.45, 2.75) is 11.4 Å². The molecular formula is C10H9ClN4O4S. The Morgan fingerprint density at radius 2 is 2.20 bits per heavy atom. The highest BCUT2D eigenvalue weighted by molar-refractivity contribution is 7.89. The molecule has 0 unspecified atom stereocenters. The molecule has 0 saturated carbocycles.